The minimum atomic E-state index is -0.660. The summed E-state index contributed by atoms with van der Waals surface area (Å²) in [5.74, 6) is -0.436. The number of esters is 1. The van der Waals surface area contributed by atoms with E-state index < -0.39 is 11.6 Å². The van der Waals surface area contributed by atoms with Gasteiger partial charge in [-0.2, -0.15) is 0 Å². The Labute approximate surface area is 158 Å². The van der Waals surface area contributed by atoms with Crippen molar-refractivity contribution in [1.29, 1.82) is 0 Å². The predicted molar refractivity (Wildman–Crippen MR) is 101 cm³/mol. The quantitative estimate of drug-likeness (QED) is 0.276. The van der Waals surface area contributed by atoms with Crippen molar-refractivity contribution in [3.63, 3.8) is 0 Å². The number of hydrogen-bond acceptors (Lipinski definition) is 5. The molecule has 25 heavy (non-hydrogen) atoms. The molecule has 0 bridgehead atoms. The Bertz CT molecular complexity index is 860. The summed E-state index contributed by atoms with van der Waals surface area (Å²) in [7, 11) is 0. The van der Waals surface area contributed by atoms with Gasteiger partial charge in [0, 0.05) is 15.6 Å². The van der Waals surface area contributed by atoms with Crippen molar-refractivity contribution in [2.24, 2.45) is 5.11 Å². The number of azide groups is 1. The van der Waals surface area contributed by atoms with Crippen molar-refractivity contribution >= 4 is 50.7 Å². The molecule has 0 aliphatic carbocycles. The second-order valence-corrected chi connectivity index (χ2v) is 7.35. The third kappa shape index (κ3) is 5.35. The zero-order valence-electron chi connectivity index (χ0n) is 13.7. The maximum absolute atomic E-state index is 12.4. The largest absolute Gasteiger partial charge is 0.456 e. The third-order valence-electron chi connectivity index (χ3n) is 2.86. The predicted octanol–water partition coefficient (Wildman–Crippen LogP) is 6.14. The lowest BCUT2D eigenvalue weighted by Gasteiger charge is -2.21. The first-order chi connectivity index (χ1) is 11.7. The van der Waals surface area contributed by atoms with Gasteiger partial charge in [-0.25, -0.2) is 4.79 Å². The molecule has 0 amide bonds. The second kappa shape index (κ2) is 7.74. The van der Waals surface area contributed by atoms with Gasteiger partial charge in [-0.3, -0.25) is 4.98 Å². The van der Waals surface area contributed by atoms with E-state index in [1.165, 1.54) is 12.3 Å². The van der Waals surface area contributed by atoms with Crippen LogP contribution in [0.3, 0.4) is 0 Å². The number of halogens is 2. The molecule has 0 spiro atoms. The molecule has 2 rings (SSSR count). The molecule has 0 fully saturated rings. The van der Waals surface area contributed by atoms with Crippen molar-refractivity contribution in [1.82, 2.24) is 4.98 Å². The number of rotatable bonds is 4. The number of aromatic nitrogens is 1. The molecule has 1 heterocycles. The fourth-order valence-corrected chi connectivity index (χ4v) is 2.60. The van der Waals surface area contributed by atoms with E-state index in [4.69, 9.17) is 21.9 Å². The average Bonchev–Trinajstić information content (AvgIpc) is 2.49. The summed E-state index contributed by atoms with van der Waals surface area (Å²) < 4.78 is 6.21. The molecule has 2 aromatic rings. The summed E-state index contributed by atoms with van der Waals surface area (Å²) in [6.45, 7) is 5.31. The highest BCUT2D eigenvalue weighted by Crippen LogP contribution is 2.31. The highest BCUT2D eigenvalue weighted by atomic mass is 79.9. The van der Waals surface area contributed by atoms with Crippen LogP contribution in [0.25, 0.3) is 10.4 Å². The van der Waals surface area contributed by atoms with Gasteiger partial charge in [0.15, 0.2) is 0 Å². The highest BCUT2D eigenvalue weighted by molar-refractivity contribution is 9.10. The minimum absolute atomic E-state index is 0.116. The van der Waals surface area contributed by atoms with Gasteiger partial charge >= 0.3 is 5.97 Å². The SMILES string of the molecule is CC(C)(C)OC(=O)c1cnc(N=[N+]=[N-])cc1Nc1ccc(Br)cc1Cl. The van der Waals surface area contributed by atoms with E-state index in [1.807, 2.05) is 0 Å². The number of carbonyl (C=O) groups excluding carboxylic acids is 1. The van der Waals surface area contributed by atoms with Crippen LogP contribution in [0.2, 0.25) is 5.02 Å². The van der Waals surface area contributed by atoms with Gasteiger partial charge in [-0.15, -0.1) is 0 Å². The number of pyridine rings is 1. The van der Waals surface area contributed by atoms with Crippen LogP contribution < -0.4 is 5.32 Å². The standard InChI is InChI=1S/C16H15BrClN5O2/c1-16(2,3)25-15(24)10-8-20-14(22-23-19)7-13(10)21-12-5-4-9(17)6-11(12)18/h4-8H,1-3H3,(H,20,21). The number of carbonyl (C=O) groups is 1. The van der Waals surface area contributed by atoms with E-state index in [2.05, 4.69) is 36.3 Å². The van der Waals surface area contributed by atoms with Crippen LogP contribution in [0.15, 0.2) is 40.0 Å². The van der Waals surface area contributed by atoms with Gasteiger partial charge in [-0.1, -0.05) is 27.5 Å². The highest BCUT2D eigenvalue weighted by Gasteiger charge is 2.21. The van der Waals surface area contributed by atoms with Gasteiger partial charge in [0.2, 0.25) is 0 Å². The molecule has 0 saturated carbocycles. The Balaban J connectivity index is 2.46. The number of anilines is 2. The number of hydrogen-bond donors (Lipinski definition) is 1. The fraction of sp³-hybridized carbons (Fsp3) is 0.250. The first kappa shape index (κ1) is 19.1. The van der Waals surface area contributed by atoms with E-state index in [-0.39, 0.29) is 11.4 Å². The van der Waals surface area contributed by atoms with E-state index in [0.29, 0.717) is 16.4 Å². The molecule has 9 heteroatoms. The minimum Gasteiger partial charge on any atom is -0.456 e. The summed E-state index contributed by atoms with van der Waals surface area (Å²) >= 11 is 9.55. The Morgan fingerprint density at radius 3 is 2.68 bits per heavy atom. The van der Waals surface area contributed by atoms with Gasteiger partial charge < -0.3 is 10.1 Å². The zero-order chi connectivity index (χ0) is 18.6. The molecule has 0 unspecified atom stereocenters. The summed E-state index contributed by atoms with van der Waals surface area (Å²) in [5, 5.41) is 6.96. The number of nitrogens with zero attached hydrogens (tertiary/aromatic N) is 4. The maximum Gasteiger partial charge on any atom is 0.342 e. The van der Waals surface area contributed by atoms with Gasteiger partial charge in [-0.05, 0) is 55.7 Å². The fourth-order valence-electron chi connectivity index (χ4n) is 1.88. The Kier molecular flexibility index (Phi) is 5.89. The molecule has 0 saturated heterocycles. The Morgan fingerprint density at radius 1 is 1.36 bits per heavy atom. The van der Waals surface area contributed by atoms with Gasteiger partial charge in [0.1, 0.15) is 17.0 Å². The maximum atomic E-state index is 12.4. The smallest absolute Gasteiger partial charge is 0.342 e. The van der Waals surface area contributed by atoms with Crippen LogP contribution in [-0.4, -0.2) is 16.6 Å². The monoisotopic (exact) mass is 423 g/mol. The van der Waals surface area contributed by atoms with E-state index >= 15 is 0 Å². The molecule has 1 aromatic heterocycles. The molecule has 0 aliphatic rings. The Morgan fingerprint density at radius 2 is 2.08 bits per heavy atom. The molecule has 1 N–H and O–H groups in total. The number of nitrogens with one attached hydrogen (secondary N) is 1. The Hall–Kier alpha value is -2.28. The van der Waals surface area contributed by atoms with Crippen LogP contribution in [-0.2, 0) is 4.74 Å². The van der Waals surface area contributed by atoms with Crippen molar-refractivity contribution in [3.05, 3.63) is 56.0 Å². The van der Waals surface area contributed by atoms with E-state index in [9.17, 15) is 4.79 Å². The molecule has 0 aliphatic heterocycles. The van der Waals surface area contributed by atoms with Crippen molar-refractivity contribution in [2.45, 2.75) is 26.4 Å². The van der Waals surface area contributed by atoms with Crippen molar-refractivity contribution in [3.8, 4) is 0 Å². The molecule has 1 aromatic carbocycles. The topological polar surface area (TPSA) is 100.0 Å². The van der Waals surface area contributed by atoms with Crippen LogP contribution in [0.1, 0.15) is 31.1 Å². The van der Waals surface area contributed by atoms with Crippen molar-refractivity contribution < 1.29 is 9.53 Å². The zero-order valence-corrected chi connectivity index (χ0v) is 16.1. The summed E-state index contributed by atoms with van der Waals surface area (Å²) in [6.07, 6.45) is 1.30. The molecule has 0 radical (unpaired) electrons. The lowest BCUT2D eigenvalue weighted by Crippen LogP contribution is -2.24. The molecule has 7 nitrogen and oxygen atoms in total. The van der Waals surface area contributed by atoms with Crippen molar-refractivity contribution in [2.75, 3.05) is 5.32 Å². The summed E-state index contributed by atoms with van der Waals surface area (Å²) in [4.78, 5) is 19.1. The van der Waals surface area contributed by atoms with Crippen LogP contribution >= 0.6 is 27.5 Å². The number of benzene rings is 1. The summed E-state index contributed by atoms with van der Waals surface area (Å²) in [5.41, 5.74) is 9.07. The van der Waals surface area contributed by atoms with E-state index in [1.54, 1.807) is 39.0 Å². The first-order valence-corrected chi connectivity index (χ1v) is 8.37. The average molecular weight is 425 g/mol. The lowest BCUT2D eigenvalue weighted by molar-refractivity contribution is 0.00704. The van der Waals surface area contributed by atoms with E-state index in [0.717, 1.165) is 4.47 Å². The van der Waals surface area contributed by atoms with Crippen LogP contribution in [0.5, 0.6) is 0 Å². The molecule has 130 valence electrons. The molecular weight excluding hydrogens is 410 g/mol. The van der Waals surface area contributed by atoms with Crippen LogP contribution in [0.4, 0.5) is 17.2 Å². The third-order valence-corrected chi connectivity index (χ3v) is 3.66. The van der Waals surface area contributed by atoms with Crippen LogP contribution in [0, 0.1) is 0 Å². The first-order valence-electron chi connectivity index (χ1n) is 7.20. The number of ether oxygens (including phenoxy) is 1. The van der Waals surface area contributed by atoms with Gasteiger partial charge in [0.25, 0.3) is 0 Å². The molecule has 0 atom stereocenters. The summed E-state index contributed by atoms with van der Waals surface area (Å²) in [6, 6.07) is 6.72. The molecular formula is C16H15BrClN5O2. The normalized spacial score (nSPS) is 10.8. The lowest BCUT2D eigenvalue weighted by atomic mass is 10.1. The second-order valence-electron chi connectivity index (χ2n) is 6.03. The van der Waals surface area contributed by atoms with Gasteiger partial charge in [0.05, 0.1) is 16.4 Å².